The van der Waals surface area contributed by atoms with Crippen molar-refractivity contribution in [2.45, 2.75) is 13.5 Å². The van der Waals surface area contributed by atoms with Crippen molar-refractivity contribution in [3.8, 4) is 0 Å². The second kappa shape index (κ2) is 5.48. The van der Waals surface area contributed by atoms with Gasteiger partial charge >= 0.3 is 0 Å². The Hall–Kier alpha value is -2.43. The van der Waals surface area contributed by atoms with Gasteiger partial charge in [-0.1, -0.05) is 6.07 Å². The van der Waals surface area contributed by atoms with E-state index in [4.69, 9.17) is 11.1 Å². The van der Waals surface area contributed by atoms with Crippen LogP contribution in [0.4, 0.5) is 5.69 Å². The van der Waals surface area contributed by atoms with Crippen LogP contribution in [-0.2, 0) is 6.54 Å². The van der Waals surface area contributed by atoms with E-state index in [0.717, 1.165) is 17.1 Å². The third-order valence-corrected chi connectivity index (χ3v) is 2.81. The molecular formula is C14H17N5. The second-order valence-corrected chi connectivity index (χ2v) is 4.44. The normalized spacial score (nSPS) is 10.2. The van der Waals surface area contributed by atoms with Crippen molar-refractivity contribution in [2.75, 3.05) is 11.9 Å². The monoisotopic (exact) mass is 255 g/mol. The number of rotatable bonds is 4. The van der Waals surface area contributed by atoms with Crippen LogP contribution in [0.2, 0.25) is 0 Å². The highest BCUT2D eigenvalue weighted by molar-refractivity contribution is 5.93. The van der Waals surface area contributed by atoms with Crippen molar-refractivity contribution in [2.24, 2.45) is 5.73 Å². The fraction of sp³-hybridized carbons (Fsp3) is 0.214. The van der Waals surface area contributed by atoms with E-state index in [1.165, 1.54) is 0 Å². The van der Waals surface area contributed by atoms with E-state index >= 15 is 0 Å². The first-order chi connectivity index (χ1) is 9.06. The van der Waals surface area contributed by atoms with Crippen molar-refractivity contribution >= 4 is 11.5 Å². The van der Waals surface area contributed by atoms with Gasteiger partial charge in [-0.15, -0.1) is 0 Å². The molecule has 0 aromatic carbocycles. The van der Waals surface area contributed by atoms with Gasteiger partial charge in [0, 0.05) is 12.7 Å². The molecular weight excluding hydrogens is 238 g/mol. The Bertz CT molecular complexity index is 577. The summed E-state index contributed by atoms with van der Waals surface area (Å²) in [6.45, 7) is 2.69. The molecule has 0 saturated heterocycles. The molecule has 0 aliphatic rings. The lowest BCUT2D eigenvalue weighted by atomic mass is 10.2. The number of nitrogen functional groups attached to an aromatic ring is 1. The van der Waals surface area contributed by atoms with Crippen LogP contribution in [0, 0.1) is 12.3 Å². The molecule has 0 amide bonds. The summed E-state index contributed by atoms with van der Waals surface area (Å²) in [5.74, 6) is -0.0189. The smallest absolute Gasteiger partial charge is 0.141 e. The molecule has 0 aliphatic carbocycles. The van der Waals surface area contributed by atoms with Gasteiger partial charge in [-0.25, -0.2) is 0 Å². The van der Waals surface area contributed by atoms with Crippen molar-refractivity contribution in [1.82, 2.24) is 9.97 Å². The number of nitrogens with zero attached hydrogens (tertiary/aromatic N) is 3. The minimum atomic E-state index is -0.0189. The van der Waals surface area contributed by atoms with E-state index in [1.807, 2.05) is 38.2 Å². The number of amidine groups is 1. The highest BCUT2D eigenvalue weighted by Gasteiger charge is 2.05. The molecule has 98 valence electrons. The molecule has 0 saturated carbocycles. The first-order valence-electron chi connectivity index (χ1n) is 6.00. The zero-order valence-electron chi connectivity index (χ0n) is 11.1. The predicted molar refractivity (Wildman–Crippen MR) is 76.3 cm³/mol. The van der Waals surface area contributed by atoms with Crippen LogP contribution in [0.5, 0.6) is 0 Å². The van der Waals surface area contributed by atoms with Crippen LogP contribution in [-0.4, -0.2) is 22.9 Å². The van der Waals surface area contributed by atoms with Crippen LogP contribution >= 0.6 is 0 Å². The lowest BCUT2D eigenvalue weighted by Crippen LogP contribution is -2.18. The number of hydrogen-bond donors (Lipinski definition) is 2. The fourth-order valence-electron chi connectivity index (χ4n) is 1.79. The molecule has 0 aliphatic heterocycles. The zero-order chi connectivity index (χ0) is 13.8. The summed E-state index contributed by atoms with van der Waals surface area (Å²) in [4.78, 5) is 10.7. The standard InChI is InChI=1S/C14H17N5/c1-10-4-3-5-11(18-10)9-19(2)12-6-7-13(14(15)16)17-8-12/h3-8H,9H2,1-2H3,(H3,15,16). The highest BCUT2D eigenvalue weighted by Crippen LogP contribution is 2.14. The van der Waals surface area contributed by atoms with Gasteiger partial charge < -0.3 is 10.6 Å². The molecule has 2 aromatic heterocycles. The number of aromatic nitrogens is 2. The number of pyridine rings is 2. The van der Waals surface area contributed by atoms with Crippen molar-refractivity contribution < 1.29 is 0 Å². The average molecular weight is 255 g/mol. The Morgan fingerprint density at radius 1 is 1.32 bits per heavy atom. The van der Waals surface area contributed by atoms with Gasteiger partial charge in [0.2, 0.25) is 0 Å². The molecule has 0 atom stereocenters. The van der Waals surface area contributed by atoms with E-state index in [0.29, 0.717) is 12.2 Å². The molecule has 5 heteroatoms. The van der Waals surface area contributed by atoms with Gasteiger partial charge in [0.05, 0.1) is 24.1 Å². The lowest BCUT2D eigenvalue weighted by Gasteiger charge is -2.18. The van der Waals surface area contributed by atoms with Crippen molar-refractivity contribution in [1.29, 1.82) is 5.41 Å². The van der Waals surface area contributed by atoms with Gasteiger partial charge in [-0.05, 0) is 31.2 Å². The van der Waals surface area contributed by atoms with E-state index in [-0.39, 0.29) is 5.84 Å². The number of hydrogen-bond acceptors (Lipinski definition) is 4. The first kappa shape index (κ1) is 13.0. The number of nitrogens with one attached hydrogen (secondary N) is 1. The Morgan fingerprint density at radius 2 is 2.11 bits per heavy atom. The topological polar surface area (TPSA) is 78.9 Å². The lowest BCUT2D eigenvalue weighted by molar-refractivity contribution is 0.873. The minimum absolute atomic E-state index is 0.0189. The van der Waals surface area contributed by atoms with Gasteiger partial charge in [-0.2, -0.15) is 0 Å². The van der Waals surface area contributed by atoms with Crippen LogP contribution in [0.1, 0.15) is 17.1 Å². The van der Waals surface area contributed by atoms with Crippen molar-refractivity contribution in [3.05, 3.63) is 53.6 Å². The van der Waals surface area contributed by atoms with E-state index in [9.17, 15) is 0 Å². The summed E-state index contributed by atoms with van der Waals surface area (Å²) in [5, 5.41) is 7.31. The van der Waals surface area contributed by atoms with Crippen LogP contribution in [0.15, 0.2) is 36.5 Å². The second-order valence-electron chi connectivity index (χ2n) is 4.44. The zero-order valence-corrected chi connectivity index (χ0v) is 11.1. The summed E-state index contributed by atoms with van der Waals surface area (Å²) >= 11 is 0. The largest absolute Gasteiger partial charge is 0.382 e. The van der Waals surface area contributed by atoms with Gasteiger partial charge in [0.15, 0.2) is 0 Å². The molecule has 2 heterocycles. The van der Waals surface area contributed by atoms with Gasteiger partial charge in [0.25, 0.3) is 0 Å². The SMILES string of the molecule is Cc1cccc(CN(C)c2ccc(C(=N)N)nc2)n1. The number of aryl methyl sites for hydroxylation is 1. The maximum absolute atomic E-state index is 7.31. The van der Waals surface area contributed by atoms with Crippen molar-refractivity contribution in [3.63, 3.8) is 0 Å². The van der Waals surface area contributed by atoms with Crippen LogP contribution in [0.25, 0.3) is 0 Å². The maximum Gasteiger partial charge on any atom is 0.141 e. The summed E-state index contributed by atoms with van der Waals surface area (Å²) in [5.41, 5.74) is 8.86. The first-order valence-corrected chi connectivity index (χ1v) is 6.00. The molecule has 19 heavy (non-hydrogen) atoms. The Kier molecular flexibility index (Phi) is 3.75. The molecule has 0 unspecified atom stereocenters. The Balaban J connectivity index is 2.11. The Labute approximate surface area is 112 Å². The quantitative estimate of drug-likeness (QED) is 0.644. The summed E-state index contributed by atoms with van der Waals surface area (Å²) in [7, 11) is 1.98. The Morgan fingerprint density at radius 3 is 2.68 bits per heavy atom. The number of anilines is 1. The van der Waals surface area contributed by atoms with Crippen LogP contribution < -0.4 is 10.6 Å². The maximum atomic E-state index is 7.31. The molecule has 2 rings (SSSR count). The summed E-state index contributed by atoms with van der Waals surface area (Å²) < 4.78 is 0. The van der Waals surface area contributed by atoms with Crippen LogP contribution in [0.3, 0.4) is 0 Å². The van der Waals surface area contributed by atoms with E-state index in [2.05, 4.69) is 14.9 Å². The average Bonchev–Trinajstić information content (AvgIpc) is 2.39. The number of nitrogens with two attached hydrogens (primary N) is 1. The molecule has 0 radical (unpaired) electrons. The summed E-state index contributed by atoms with van der Waals surface area (Å²) in [6.07, 6.45) is 1.71. The van der Waals surface area contributed by atoms with Gasteiger partial charge in [0.1, 0.15) is 11.5 Å². The van der Waals surface area contributed by atoms with E-state index in [1.54, 1.807) is 12.3 Å². The molecule has 0 spiro atoms. The minimum Gasteiger partial charge on any atom is -0.382 e. The molecule has 0 fully saturated rings. The molecule has 3 N–H and O–H groups in total. The fourth-order valence-corrected chi connectivity index (χ4v) is 1.79. The highest BCUT2D eigenvalue weighted by atomic mass is 15.1. The molecule has 0 bridgehead atoms. The van der Waals surface area contributed by atoms with Gasteiger partial charge in [-0.3, -0.25) is 15.4 Å². The third-order valence-electron chi connectivity index (χ3n) is 2.81. The predicted octanol–water partition coefficient (Wildman–Crippen LogP) is 1.71. The molecule has 2 aromatic rings. The summed E-state index contributed by atoms with van der Waals surface area (Å²) in [6, 6.07) is 9.63. The third kappa shape index (κ3) is 3.28. The molecule has 5 nitrogen and oxygen atoms in total. The van der Waals surface area contributed by atoms with E-state index < -0.39 is 0 Å².